The first-order chi connectivity index (χ1) is 11.0. The van der Waals surface area contributed by atoms with Crippen molar-refractivity contribution in [1.82, 2.24) is 0 Å². The standard InChI is InChI=1S/C17H16F3O3/c1-2-3-11-21-15-5-4-6-16(12-15)22-13-7-9-14(10-8-13)23-17(18,19)20/h4-10,12H,1-3,11H2. The zero-order valence-electron chi connectivity index (χ0n) is 12.3. The summed E-state index contributed by atoms with van der Waals surface area (Å²) in [6.45, 7) is 4.30. The highest BCUT2D eigenvalue weighted by atomic mass is 19.4. The molecule has 0 bridgehead atoms. The quantitative estimate of drug-likeness (QED) is 0.641. The van der Waals surface area contributed by atoms with Crippen LogP contribution >= 0.6 is 0 Å². The van der Waals surface area contributed by atoms with Gasteiger partial charge < -0.3 is 14.2 Å². The minimum absolute atomic E-state index is 0.296. The van der Waals surface area contributed by atoms with Gasteiger partial charge >= 0.3 is 6.36 Å². The molecule has 0 unspecified atom stereocenters. The summed E-state index contributed by atoms with van der Waals surface area (Å²) in [5.41, 5.74) is 0. The van der Waals surface area contributed by atoms with E-state index in [1.807, 2.05) is 0 Å². The summed E-state index contributed by atoms with van der Waals surface area (Å²) in [4.78, 5) is 0. The molecule has 0 aliphatic rings. The van der Waals surface area contributed by atoms with Crippen molar-refractivity contribution in [1.29, 1.82) is 0 Å². The van der Waals surface area contributed by atoms with Gasteiger partial charge in [0.2, 0.25) is 0 Å². The normalized spacial score (nSPS) is 11.1. The molecular formula is C17H16F3O3. The SMILES string of the molecule is [CH2]CCCOc1cccc(Oc2ccc(OC(F)(F)F)cc2)c1. The van der Waals surface area contributed by atoms with E-state index in [1.54, 1.807) is 24.3 Å². The van der Waals surface area contributed by atoms with Crippen LogP contribution in [0, 0.1) is 6.92 Å². The third-order valence-corrected chi connectivity index (χ3v) is 2.76. The summed E-state index contributed by atoms with van der Waals surface area (Å²) in [7, 11) is 0. The molecule has 3 nitrogen and oxygen atoms in total. The Labute approximate surface area is 132 Å². The van der Waals surface area contributed by atoms with Crippen molar-refractivity contribution < 1.29 is 27.4 Å². The van der Waals surface area contributed by atoms with Crippen molar-refractivity contribution in [3.63, 3.8) is 0 Å². The molecule has 0 heterocycles. The Hall–Kier alpha value is -2.37. The van der Waals surface area contributed by atoms with Gasteiger partial charge in [-0.25, -0.2) is 0 Å². The summed E-state index contributed by atoms with van der Waals surface area (Å²) >= 11 is 0. The van der Waals surface area contributed by atoms with Crippen LogP contribution in [0.25, 0.3) is 0 Å². The van der Waals surface area contributed by atoms with E-state index in [0.29, 0.717) is 23.9 Å². The van der Waals surface area contributed by atoms with Crippen LogP contribution in [0.4, 0.5) is 13.2 Å². The summed E-state index contributed by atoms with van der Waals surface area (Å²) in [6, 6.07) is 12.2. The number of halogens is 3. The highest BCUT2D eigenvalue weighted by Crippen LogP contribution is 2.28. The Morgan fingerprint density at radius 3 is 2.17 bits per heavy atom. The number of ether oxygens (including phenoxy) is 3. The van der Waals surface area contributed by atoms with Gasteiger partial charge in [0.1, 0.15) is 23.0 Å². The Kier molecular flexibility index (Phi) is 5.73. The maximum Gasteiger partial charge on any atom is 0.573 e. The fourth-order valence-electron chi connectivity index (χ4n) is 1.77. The van der Waals surface area contributed by atoms with Crippen molar-refractivity contribution in [2.45, 2.75) is 19.2 Å². The van der Waals surface area contributed by atoms with E-state index in [9.17, 15) is 13.2 Å². The van der Waals surface area contributed by atoms with Gasteiger partial charge in [-0.05, 0) is 42.8 Å². The summed E-state index contributed by atoms with van der Waals surface area (Å²) < 4.78 is 51.2. The van der Waals surface area contributed by atoms with Crippen LogP contribution in [0.2, 0.25) is 0 Å². The fourth-order valence-corrected chi connectivity index (χ4v) is 1.77. The molecule has 2 aromatic carbocycles. The largest absolute Gasteiger partial charge is 0.573 e. The lowest BCUT2D eigenvalue weighted by molar-refractivity contribution is -0.274. The summed E-state index contributed by atoms with van der Waals surface area (Å²) in [5, 5.41) is 0. The smallest absolute Gasteiger partial charge is 0.493 e. The Morgan fingerprint density at radius 1 is 0.870 bits per heavy atom. The number of rotatable bonds is 7. The highest BCUT2D eigenvalue weighted by Gasteiger charge is 2.30. The number of unbranched alkanes of at least 4 members (excludes halogenated alkanes) is 1. The van der Waals surface area contributed by atoms with Crippen LogP contribution in [-0.4, -0.2) is 13.0 Å². The molecule has 2 rings (SSSR count). The molecule has 0 saturated carbocycles. The predicted octanol–water partition coefficient (Wildman–Crippen LogP) is 5.37. The van der Waals surface area contributed by atoms with Crippen molar-refractivity contribution in [2.24, 2.45) is 0 Å². The van der Waals surface area contributed by atoms with E-state index in [2.05, 4.69) is 11.7 Å². The van der Waals surface area contributed by atoms with Crippen LogP contribution in [0.5, 0.6) is 23.0 Å². The predicted molar refractivity (Wildman–Crippen MR) is 79.7 cm³/mol. The van der Waals surface area contributed by atoms with Crippen LogP contribution < -0.4 is 14.2 Å². The van der Waals surface area contributed by atoms with Gasteiger partial charge in [-0.15, -0.1) is 13.2 Å². The molecule has 0 aromatic heterocycles. The van der Waals surface area contributed by atoms with Gasteiger partial charge in [0.15, 0.2) is 0 Å². The zero-order chi connectivity index (χ0) is 16.7. The third-order valence-electron chi connectivity index (χ3n) is 2.76. The van der Waals surface area contributed by atoms with Gasteiger partial charge in [-0.2, -0.15) is 0 Å². The second kappa shape index (κ2) is 7.76. The fraction of sp³-hybridized carbons (Fsp3) is 0.235. The summed E-state index contributed by atoms with van der Waals surface area (Å²) in [5.74, 6) is 1.29. The Balaban J connectivity index is 1.97. The van der Waals surface area contributed by atoms with E-state index in [4.69, 9.17) is 9.47 Å². The minimum atomic E-state index is -4.71. The van der Waals surface area contributed by atoms with Crippen molar-refractivity contribution >= 4 is 0 Å². The topological polar surface area (TPSA) is 27.7 Å². The summed E-state index contributed by atoms with van der Waals surface area (Å²) in [6.07, 6.45) is -3.06. The second-order valence-corrected chi connectivity index (χ2v) is 4.65. The number of benzene rings is 2. The Morgan fingerprint density at radius 2 is 1.52 bits per heavy atom. The minimum Gasteiger partial charge on any atom is -0.493 e. The van der Waals surface area contributed by atoms with Gasteiger partial charge in [-0.1, -0.05) is 19.4 Å². The van der Waals surface area contributed by atoms with Crippen LogP contribution in [-0.2, 0) is 0 Å². The lowest BCUT2D eigenvalue weighted by Gasteiger charge is -2.11. The maximum absolute atomic E-state index is 12.1. The average Bonchev–Trinajstić information content (AvgIpc) is 2.49. The van der Waals surface area contributed by atoms with Crippen LogP contribution in [0.15, 0.2) is 48.5 Å². The first kappa shape index (κ1) is 17.0. The average molecular weight is 325 g/mol. The molecule has 0 amide bonds. The first-order valence-electron chi connectivity index (χ1n) is 7.02. The van der Waals surface area contributed by atoms with Crippen molar-refractivity contribution in [2.75, 3.05) is 6.61 Å². The van der Waals surface area contributed by atoms with E-state index in [-0.39, 0.29) is 5.75 Å². The molecule has 6 heteroatoms. The van der Waals surface area contributed by atoms with E-state index < -0.39 is 6.36 Å². The monoisotopic (exact) mass is 325 g/mol. The number of alkyl halides is 3. The molecule has 0 saturated heterocycles. The Bertz CT molecular complexity index is 609. The van der Waals surface area contributed by atoms with Gasteiger partial charge in [0.05, 0.1) is 6.61 Å². The first-order valence-corrected chi connectivity index (χ1v) is 7.02. The molecule has 0 aliphatic carbocycles. The third kappa shape index (κ3) is 6.10. The molecule has 0 spiro atoms. The molecule has 0 atom stereocenters. The van der Waals surface area contributed by atoms with Crippen molar-refractivity contribution in [3.05, 3.63) is 55.5 Å². The molecule has 0 N–H and O–H groups in total. The highest BCUT2D eigenvalue weighted by molar-refractivity contribution is 5.38. The zero-order valence-corrected chi connectivity index (χ0v) is 12.3. The lowest BCUT2D eigenvalue weighted by atomic mass is 10.3. The van der Waals surface area contributed by atoms with Crippen molar-refractivity contribution in [3.8, 4) is 23.0 Å². The van der Waals surface area contributed by atoms with Crippen LogP contribution in [0.3, 0.4) is 0 Å². The molecule has 2 aromatic rings. The van der Waals surface area contributed by atoms with Gasteiger partial charge in [-0.3, -0.25) is 0 Å². The maximum atomic E-state index is 12.1. The van der Waals surface area contributed by atoms with Gasteiger partial charge in [0.25, 0.3) is 0 Å². The molecule has 23 heavy (non-hydrogen) atoms. The van der Waals surface area contributed by atoms with Gasteiger partial charge in [0, 0.05) is 6.07 Å². The lowest BCUT2D eigenvalue weighted by Crippen LogP contribution is -2.16. The van der Waals surface area contributed by atoms with E-state index >= 15 is 0 Å². The molecule has 1 radical (unpaired) electrons. The molecule has 123 valence electrons. The molecule has 0 fully saturated rings. The van der Waals surface area contributed by atoms with E-state index in [0.717, 1.165) is 12.8 Å². The van der Waals surface area contributed by atoms with E-state index in [1.165, 1.54) is 24.3 Å². The number of hydrogen-bond donors (Lipinski definition) is 0. The molecular weight excluding hydrogens is 309 g/mol. The number of hydrogen-bond acceptors (Lipinski definition) is 3. The second-order valence-electron chi connectivity index (χ2n) is 4.65. The van der Waals surface area contributed by atoms with Crippen LogP contribution in [0.1, 0.15) is 12.8 Å². The molecule has 0 aliphatic heterocycles.